The second kappa shape index (κ2) is 6.95. The first-order valence-corrected chi connectivity index (χ1v) is 6.86. The van der Waals surface area contributed by atoms with Crippen LogP contribution in [0.1, 0.15) is 21.5 Å². The zero-order valence-corrected chi connectivity index (χ0v) is 12.9. The number of carbonyl (C=O) groups excluding carboxylic acids is 1. The third kappa shape index (κ3) is 3.56. The Bertz CT molecular complexity index is 729. The summed E-state index contributed by atoms with van der Waals surface area (Å²) in [6, 6.07) is 10.3. The highest BCUT2D eigenvalue weighted by molar-refractivity contribution is 6.32. The van der Waals surface area contributed by atoms with Crippen molar-refractivity contribution in [1.29, 1.82) is 0 Å². The van der Waals surface area contributed by atoms with Crippen LogP contribution in [0.15, 0.2) is 41.5 Å². The van der Waals surface area contributed by atoms with E-state index in [0.717, 1.165) is 5.56 Å². The van der Waals surface area contributed by atoms with Crippen LogP contribution in [0.3, 0.4) is 0 Å². The van der Waals surface area contributed by atoms with E-state index in [1.807, 2.05) is 19.1 Å². The van der Waals surface area contributed by atoms with Crippen LogP contribution >= 0.6 is 11.6 Å². The van der Waals surface area contributed by atoms with E-state index in [-0.39, 0.29) is 22.4 Å². The first-order valence-electron chi connectivity index (χ1n) is 6.48. The van der Waals surface area contributed by atoms with Gasteiger partial charge in [0.25, 0.3) is 5.91 Å². The van der Waals surface area contributed by atoms with Gasteiger partial charge < -0.3 is 9.84 Å². The molecule has 5 nitrogen and oxygen atoms in total. The molecule has 0 radical (unpaired) electrons. The molecule has 2 rings (SSSR count). The topological polar surface area (TPSA) is 70.9 Å². The van der Waals surface area contributed by atoms with Crippen molar-refractivity contribution in [1.82, 2.24) is 5.43 Å². The number of phenolic OH excluding ortho intramolecular Hbond substituents is 1. The third-order valence-electron chi connectivity index (χ3n) is 3.04. The summed E-state index contributed by atoms with van der Waals surface area (Å²) in [6.07, 6.45) is 1.42. The number of phenols is 1. The molecule has 2 aromatic carbocycles. The van der Waals surface area contributed by atoms with E-state index in [1.54, 1.807) is 18.2 Å². The minimum absolute atomic E-state index is 0.134. The molecule has 0 atom stereocenters. The summed E-state index contributed by atoms with van der Waals surface area (Å²) >= 11 is 5.88. The summed E-state index contributed by atoms with van der Waals surface area (Å²) in [5.41, 5.74) is 4.45. The van der Waals surface area contributed by atoms with Crippen molar-refractivity contribution < 1.29 is 14.6 Å². The van der Waals surface area contributed by atoms with Gasteiger partial charge in [0.2, 0.25) is 0 Å². The number of benzene rings is 2. The van der Waals surface area contributed by atoms with Crippen LogP contribution in [-0.4, -0.2) is 24.3 Å². The second-order valence-corrected chi connectivity index (χ2v) is 4.97. The maximum absolute atomic E-state index is 12.0. The summed E-state index contributed by atoms with van der Waals surface area (Å²) < 4.78 is 5.00. The van der Waals surface area contributed by atoms with Gasteiger partial charge in [-0.25, -0.2) is 5.43 Å². The molecule has 6 heteroatoms. The lowest BCUT2D eigenvalue weighted by molar-refractivity contribution is 0.0954. The Balaban J connectivity index is 2.12. The standard InChI is InChI=1S/C16H15ClN2O3/c1-10-5-3-4-6-12(10)16(21)19-18-9-11-7-13(17)15(20)14(8-11)22-2/h3-9,20H,1-2H3,(H,19,21)/b18-9+. The number of nitrogens with one attached hydrogen (secondary N) is 1. The molecule has 0 heterocycles. The highest BCUT2D eigenvalue weighted by Gasteiger charge is 2.09. The Labute approximate surface area is 133 Å². The molecular formula is C16H15ClN2O3. The molecule has 0 spiro atoms. The number of amides is 1. The maximum atomic E-state index is 12.0. The first-order chi connectivity index (χ1) is 10.5. The van der Waals surface area contributed by atoms with E-state index in [0.29, 0.717) is 11.1 Å². The molecule has 0 saturated heterocycles. The minimum Gasteiger partial charge on any atom is -0.503 e. The summed E-state index contributed by atoms with van der Waals surface area (Å²) in [4.78, 5) is 12.0. The molecule has 0 aliphatic carbocycles. The number of nitrogens with zero attached hydrogens (tertiary/aromatic N) is 1. The van der Waals surface area contributed by atoms with Crippen molar-refractivity contribution in [3.05, 3.63) is 58.1 Å². The van der Waals surface area contributed by atoms with E-state index < -0.39 is 0 Å². The van der Waals surface area contributed by atoms with Gasteiger partial charge in [-0.1, -0.05) is 29.8 Å². The van der Waals surface area contributed by atoms with Gasteiger partial charge in [0, 0.05) is 5.56 Å². The van der Waals surface area contributed by atoms with E-state index in [4.69, 9.17) is 16.3 Å². The third-order valence-corrected chi connectivity index (χ3v) is 3.33. The van der Waals surface area contributed by atoms with E-state index in [2.05, 4.69) is 10.5 Å². The van der Waals surface area contributed by atoms with Gasteiger partial charge in [-0.15, -0.1) is 0 Å². The van der Waals surface area contributed by atoms with Crippen LogP contribution < -0.4 is 10.2 Å². The Morgan fingerprint density at radius 2 is 2.09 bits per heavy atom. The Morgan fingerprint density at radius 1 is 1.36 bits per heavy atom. The molecule has 2 aromatic rings. The van der Waals surface area contributed by atoms with Crippen molar-refractivity contribution in [2.45, 2.75) is 6.92 Å². The second-order valence-electron chi connectivity index (χ2n) is 4.57. The van der Waals surface area contributed by atoms with Crippen molar-refractivity contribution in [2.24, 2.45) is 5.10 Å². The molecular weight excluding hydrogens is 304 g/mol. The molecule has 2 N–H and O–H groups in total. The van der Waals surface area contributed by atoms with Crippen LogP contribution in [0.4, 0.5) is 0 Å². The number of methoxy groups -OCH3 is 1. The fourth-order valence-electron chi connectivity index (χ4n) is 1.88. The highest BCUT2D eigenvalue weighted by Crippen LogP contribution is 2.34. The number of hydrogen-bond donors (Lipinski definition) is 2. The monoisotopic (exact) mass is 318 g/mol. The molecule has 0 fully saturated rings. The van der Waals surface area contributed by atoms with Crippen molar-refractivity contribution >= 4 is 23.7 Å². The molecule has 0 saturated carbocycles. The normalized spacial score (nSPS) is 10.7. The summed E-state index contributed by atoms with van der Waals surface area (Å²) in [6.45, 7) is 1.85. The van der Waals surface area contributed by atoms with E-state index in [1.165, 1.54) is 19.4 Å². The number of rotatable bonds is 4. The number of ether oxygens (including phenoxy) is 1. The summed E-state index contributed by atoms with van der Waals surface area (Å²) in [5.74, 6) is -0.198. The molecule has 0 aliphatic heterocycles. The lowest BCUT2D eigenvalue weighted by Gasteiger charge is -2.06. The molecule has 1 amide bonds. The average molecular weight is 319 g/mol. The zero-order chi connectivity index (χ0) is 16.1. The van der Waals surface area contributed by atoms with Crippen molar-refractivity contribution in [3.8, 4) is 11.5 Å². The van der Waals surface area contributed by atoms with Gasteiger partial charge in [0.15, 0.2) is 11.5 Å². The fraction of sp³-hybridized carbons (Fsp3) is 0.125. The lowest BCUT2D eigenvalue weighted by Crippen LogP contribution is -2.18. The Morgan fingerprint density at radius 3 is 2.77 bits per heavy atom. The largest absolute Gasteiger partial charge is 0.503 e. The highest BCUT2D eigenvalue weighted by atomic mass is 35.5. The predicted molar refractivity (Wildman–Crippen MR) is 85.9 cm³/mol. The molecule has 0 unspecified atom stereocenters. The summed E-state index contributed by atoms with van der Waals surface area (Å²) in [5, 5.41) is 13.7. The molecule has 0 bridgehead atoms. The molecule has 22 heavy (non-hydrogen) atoms. The van der Waals surface area contributed by atoms with Crippen LogP contribution in [0.25, 0.3) is 0 Å². The number of aromatic hydroxyl groups is 1. The van der Waals surface area contributed by atoms with E-state index in [9.17, 15) is 9.90 Å². The van der Waals surface area contributed by atoms with E-state index >= 15 is 0 Å². The Hall–Kier alpha value is -2.53. The van der Waals surface area contributed by atoms with Gasteiger partial charge in [-0.2, -0.15) is 5.10 Å². The fourth-order valence-corrected chi connectivity index (χ4v) is 2.10. The molecule has 0 aliphatic rings. The quantitative estimate of drug-likeness (QED) is 0.672. The van der Waals surface area contributed by atoms with Gasteiger partial charge in [0.05, 0.1) is 18.3 Å². The number of carbonyl (C=O) groups is 1. The number of halogens is 1. The van der Waals surface area contributed by atoms with Gasteiger partial charge in [-0.3, -0.25) is 4.79 Å². The predicted octanol–water partition coefficient (Wildman–Crippen LogP) is 3.13. The molecule has 114 valence electrons. The Kier molecular flexibility index (Phi) is 5.01. The average Bonchev–Trinajstić information content (AvgIpc) is 2.50. The van der Waals surface area contributed by atoms with Crippen LogP contribution in [-0.2, 0) is 0 Å². The molecule has 0 aromatic heterocycles. The maximum Gasteiger partial charge on any atom is 0.271 e. The minimum atomic E-state index is -0.300. The zero-order valence-electron chi connectivity index (χ0n) is 12.1. The summed E-state index contributed by atoms with van der Waals surface area (Å²) in [7, 11) is 1.42. The SMILES string of the molecule is COc1cc(/C=N/NC(=O)c2ccccc2C)cc(Cl)c1O. The van der Waals surface area contributed by atoms with Gasteiger partial charge in [-0.05, 0) is 36.2 Å². The van der Waals surface area contributed by atoms with Crippen LogP contribution in [0.2, 0.25) is 5.02 Å². The number of hydrogen-bond acceptors (Lipinski definition) is 4. The van der Waals surface area contributed by atoms with Crippen molar-refractivity contribution in [2.75, 3.05) is 7.11 Å². The van der Waals surface area contributed by atoms with Crippen molar-refractivity contribution in [3.63, 3.8) is 0 Å². The smallest absolute Gasteiger partial charge is 0.271 e. The van der Waals surface area contributed by atoms with Crippen LogP contribution in [0.5, 0.6) is 11.5 Å². The van der Waals surface area contributed by atoms with Gasteiger partial charge >= 0.3 is 0 Å². The van der Waals surface area contributed by atoms with Crippen LogP contribution in [0, 0.1) is 6.92 Å². The number of aryl methyl sites for hydroxylation is 1. The lowest BCUT2D eigenvalue weighted by atomic mass is 10.1. The first kappa shape index (κ1) is 15.9. The number of hydrazone groups is 1. The van der Waals surface area contributed by atoms with Gasteiger partial charge in [0.1, 0.15) is 0 Å².